The van der Waals surface area contributed by atoms with Crippen LogP contribution in [0, 0.1) is 10.1 Å². The van der Waals surface area contributed by atoms with Gasteiger partial charge in [0.15, 0.2) is 0 Å². The number of rotatable bonds is 4. The van der Waals surface area contributed by atoms with Gasteiger partial charge in [-0.05, 0) is 18.6 Å². The number of amides is 1. The molecule has 0 unspecified atom stereocenters. The Morgan fingerprint density at radius 2 is 2.18 bits per heavy atom. The number of nitro groups is 1. The molecule has 1 aromatic rings. The molecule has 0 heterocycles. The van der Waals surface area contributed by atoms with Gasteiger partial charge in [-0.3, -0.25) is 14.9 Å². The smallest absolute Gasteiger partial charge is 0.293 e. The van der Waals surface area contributed by atoms with Crippen molar-refractivity contribution in [2.45, 2.75) is 19.8 Å². The first-order chi connectivity index (χ1) is 7.97. The summed E-state index contributed by atoms with van der Waals surface area (Å²) >= 11 is 5.79. The van der Waals surface area contributed by atoms with E-state index in [0.29, 0.717) is 17.9 Å². The quantitative estimate of drug-likeness (QED) is 0.614. The third-order valence-corrected chi connectivity index (χ3v) is 2.57. The molecule has 1 aromatic carbocycles. The molecule has 1 amide bonds. The zero-order valence-corrected chi connectivity index (χ0v) is 10.4. The number of halogens is 1. The van der Waals surface area contributed by atoms with E-state index in [1.54, 1.807) is 0 Å². The lowest BCUT2D eigenvalue weighted by Crippen LogP contribution is -2.26. The molecule has 0 atom stereocenters. The fourth-order valence-corrected chi connectivity index (χ4v) is 1.60. The van der Waals surface area contributed by atoms with Gasteiger partial charge in [0.05, 0.1) is 4.92 Å². The van der Waals surface area contributed by atoms with Crippen LogP contribution in [0.2, 0.25) is 5.02 Å². The van der Waals surface area contributed by atoms with Gasteiger partial charge in [-0.2, -0.15) is 0 Å². The van der Waals surface area contributed by atoms with Gasteiger partial charge in [0.2, 0.25) is 5.91 Å². The third-order valence-electron chi connectivity index (χ3n) is 2.33. The topological polar surface area (TPSA) is 63.5 Å². The second-order valence-electron chi connectivity index (χ2n) is 3.59. The highest BCUT2D eigenvalue weighted by molar-refractivity contribution is 6.31. The van der Waals surface area contributed by atoms with E-state index in [-0.39, 0.29) is 17.3 Å². The number of carbonyl (C=O) groups is 1. The van der Waals surface area contributed by atoms with Crippen molar-refractivity contribution in [1.82, 2.24) is 0 Å². The summed E-state index contributed by atoms with van der Waals surface area (Å²) in [5.41, 5.74) is 0.0994. The average molecular weight is 257 g/mol. The highest BCUT2D eigenvalue weighted by Gasteiger charge is 2.20. The lowest BCUT2D eigenvalue weighted by molar-refractivity contribution is -0.384. The van der Waals surface area contributed by atoms with Crippen LogP contribution in [-0.2, 0) is 4.79 Å². The van der Waals surface area contributed by atoms with Crippen LogP contribution >= 0.6 is 11.6 Å². The van der Waals surface area contributed by atoms with Gasteiger partial charge in [0, 0.05) is 24.6 Å². The first-order valence-electron chi connectivity index (χ1n) is 5.17. The Bertz CT molecular complexity index is 448. The summed E-state index contributed by atoms with van der Waals surface area (Å²) in [6.45, 7) is 1.87. The lowest BCUT2D eigenvalue weighted by atomic mass is 10.2. The van der Waals surface area contributed by atoms with E-state index in [4.69, 9.17) is 11.6 Å². The SMILES string of the molecule is CCCC(=O)N(C)c1cc(Cl)ccc1[N+](=O)[O-]. The van der Waals surface area contributed by atoms with Crippen molar-refractivity contribution in [2.75, 3.05) is 11.9 Å². The van der Waals surface area contributed by atoms with E-state index in [2.05, 4.69) is 0 Å². The number of hydrogen-bond donors (Lipinski definition) is 0. The number of carbonyl (C=O) groups excluding carboxylic acids is 1. The Morgan fingerprint density at radius 3 is 2.71 bits per heavy atom. The van der Waals surface area contributed by atoms with E-state index in [1.165, 1.54) is 30.1 Å². The van der Waals surface area contributed by atoms with Gasteiger partial charge < -0.3 is 4.90 Å². The van der Waals surface area contributed by atoms with Crippen molar-refractivity contribution in [3.63, 3.8) is 0 Å². The molecule has 0 spiro atoms. The highest BCUT2D eigenvalue weighted by atomic mass is 35.5. The Kier molecular flexibility index (Phi) is 4.45. The monoisotopic (exact) mass is 256 g/mol. The van der Waals surface area contributed by atoms with Gasteiger partial charge in [-0.25, -0.2) is 0 Å². The predicted molar refractivity (Wildman–Crippen MR) is 66.4 cm³/mol. The summed E-state index contributed by atoms with van der Waals surface area (Å²) < 4.78 is 0. The van der Waals surface area contributed by atoms with Gasteiger partial charge in [0.25, 0.3) is 5.69 Å². The zero-order chi connectivity index (χ0) is 13.0. The van der Waals surface area contributed by atoms with Crippen LogP contribution in [-0.4, -0.2) is 17.9 Å². The molecular weight excluding hydrogens is 244 g/mol. The first-order valence-corrected chi connectivity index (χ1v) is 5.55. The minimum Gasteiger partial charge on any atom is -0.310 e. The van der Waals surface area contributed by atoms with Crippen LogP contribution in [0.1, 0.15) is 19.8 Å². The number of nitro benzene ring substituents is 1. The van der Waals surface area contributed by atoms with E-state index in [0.717, 1.165) is 0 Å². The summed E-state index contributed by atoms with van der Waals surface area (Å²) in [5.74, 6) is -0.169. The number of hydrogen-bond acceptors (Lipinski definition) is 3. The molecule has 0 bridgehead atoms. The Morgan fingerprint density at radius 1 is 1.53 bits per heavy atom. The van der Waals surface area contributed by atoms with Gasteiger partial charge >= 0.3 is 0 Å². The largest absolute Gasteiger partial charge is 0.310 e. The molecule has 1 rings (SSSR count). The molecular formula is C11H13ClN2O3. The molecule has 0 aliphatic carbocycles. The molecule has 0 fully saturated rings. The minimum absolute atomic E-state index is 0.124. The van der Waals surface area contributed by atoms with Crippen LogP contribution in [0.15, 0.2) is 18.2 Å². The van der Waals surface area contributed by atoms with Crippen molar-refractivity contribution in [3.8, 4) is 0 Å². The molecule has 6 heteroatoms. The molecule has 92 valence electrons. The van der Waals surface area contributed by atoms with Gasteiger partial charge in [-0.15, -0.1) is 0 Å². The highest BCUT2D eigenvalue weighted by Crippen LogP contribution is 2.30. The van der Waals surface area contributed by atoms with Crippen LogP contribution in [0.5, 0.6) is 0 Å². The molecule has 0 radical (unpaired) electrons. The van der Waals surface area contributed by atoms with Gasteiger partial charge in [0.1, 0.15) is 5.69 Å². The van der Waals surface area contributed by atoms with E-state index in [9.17, 15) is 14.9 Å². The second-order valence-corrected chi connectivity index (χ2v) is 4.03. The van der Waals surface area contributed by atoms with E-state index >= 15 is 0 Å². The number of nitrogens with zero attached hydrogens (tertiary/aromatic N) is 2. The summed E-state index contributed by atoms with van der Waals surface area (Å²) in [4.78, 5) is 23.3. The Balaban J connectivity index is 3.14. The van der Waals surface area contributed by atoms with Crippen molar-refractivity contribution in [2.24, 2.45) is 0 Å². The van der Waals surface area contributed by atoms with Crippen LogP contribution < -0.4 is 4.90 Å². The predicted octanol–water partition coefficient (Wildman–Crippen LogP) is 3.01. The molecule has 0 aliphatic heterocycles. The molecule has 0 saturated carbocycles. The molecule has 5 nitrogen and oxygen atoms in total. The van der Waals surface area contributed by atoms with Crippen molar-refractivity contribution < 1.29 is 9.72 Å². The molecule has 0 N–H and O–H groups in total. The van der Waals surface area contributed by atoms with Crippen LogP contribution in [0.25, 0.3) is 0 Å². The summed E-state index contributed by atoms with van der Waals surface area (Å²) in [5, 5.41) is 11.2. The molecule has 0 aromatic heterocycles. The maximum absolute atomic E-state index is 11.7. The molecule has 0 aliphatic rings. The number of anilines is 1. The summed E-state index contributed by atoms with van der Waals surface area (Å²) in [7, 11) is 1.51. The summed E-state index contributed by atoms with van der Waals surface area (Å²) in [6.07, 6.45) is 1.04. The number of benzene rings is 1. The van der Waals surface area contributed by atoms with Crippen LogP contribution in [0.3, 0.4) is 0 Å². The average Bonchev–Trinajstić information content (AvgIpc) is 2.27. The first kappa shape index (κ1) is 13.4. The van der Waals surface area contributed by atoms with Crippen molar-refractivity contribution in [3.05, 3.63) is 33.3 Å². The van der Waals surface area contributed by atoms with E-state index < -0.39 is 4.92 Å². The van der Waals surface area contributed by atoms with Gasteiger partial charge in [-0.1, -0.05) is 18.5 Å². The standard InChI is InChI=1S/C11H13ClN2O3/c1-3-4-11(15)13(2)10-7-8(12)5-6-9(10)14(16)17/h5-7H,3-4H2,1-2H3. The van der Waals surface area contributed by atoms with E-state index in [1.807, 2.05) is 6.92 Å². The Labute approximate surface area is 104 Å². The third kappa shape index (κ3) is 3.17. The fourth-order valence-electron chi connectivity index (χ4n) is 1.44. The Hall–Kier alpha value is -1.62. The molecule has 0 saturated heterocycles. The maximum Gasteiger partial charge on any atom is 0.293 e. The normalized spacial score (nSPS) is 10.1. The lowest BCUT2D eigenvalue weighted by Gasteiger charge is -2.17. The maximum atomic E-state index is 11.7. The fraction of sp³-hybridized carbons (Fsp3) is 0.364. The van der Waals surface area contributed by atoms with Crippen LogP contribution in [0.4, 0.5) is 11.4 Å². The second kappa shape index (κ2) is 5.63. The summed E-state index contributed by atoms with van der Waals surface area (Å²) in [6, 6.07) is 4.15. The van der Waals surface area contributed by atoms with Crippen molar-refractivity contribution in [1.29, 1.82) is 0 Å². The van der Waals surface area contributed by atoms with Crippen molar-refractivity contribution >= 4 is 28.9 Å². The molecule has 17 heavy (non-hydrogen) atoms. The minimum atomic E-state index is -0.526. The zero-order valence-electron chi connectivity index (χ0n) is 9.64.